The van der Waals surface area contributed by atoms with Gasteiger partial charge in [-0.25, -0.2) is 4.98 Å². The van der Waals surface area contributed by atoms with Gasteiger partial charge in [-0.05, 0) is 55.0 Å². The summed E-state index contributed by atoms with van der Waals surface area (Å²) in [6.45, 7) is 3.41. The Bertz CT molecular complexity index is 1140. The van der Waals surface area contributed by atoms with Crippen molar-refractivity contribution < 1.29 is 9.30 Å². The third kappa shape index (κ3) is 3.84. The quantitative estimate of drug-likeness (QED) is 0.429. The van der Waals surface area contributed by atoms with Crippen LogP contribution in [0.4, 0.5) is 0 Å². The maximum absolute atomic E-state index is 6.35. The first-order chi connectivity index (χ1) is 13.5. The van der Waals surface area contributed by atoms with E-state index < -0.39 is 0 Å². The van der Waals surface area contributed by atoms with Gasteiger partial charge in [0.15, 0.2) is 24.5 Å². The predicted octanol–water partition coefficient (Wildman–Crippen LogP) is 5.04. The van der Waals surface area contributed by atoms with Gasteiger partial charge in [0.1, 0.15) is 11.6 Å². The Balaban J connectivity index is 1.63. The molecule has 142 valence electrons. The SMILES string of the molecule is COc1ccc(C[n+]2ccc3c(c2)nc(C)n3Cc2cc(Cl)ccc2Cl)cc1. The number of halogens is 2. The highest BCUT2D eigenvalue weighted by Gasteiger charge is 2.14. The van der Waals surface area contributed by atoms with Crippen LogP contribution < -0.4 is 9.30 Å². The average molecular weight is 413 g/mol. The second-order valence-corrected chi connectivity index (χ2v) is 7.56. The first-order valence-corrected chi connectivity index (χ1v) is 9.72. The van der Waals surface area contributed by atoms with Crippen molar-refractivity contribution in [2.24, 2.45) is 0 Å². The molecule has 0 saturated carbocycles. The molecule has 0 N–H and O–H groups in total. The number of hydrogen-bond donors (Lipinski definition) is 0. The van der Waals surface area contributed by atoms with Crippen LogP contribution in [0.5, 0.6) is 5.75 Å². The highest BCUT2D eigenvalue weighted by atomic mass is 35.5. The fraction of sp³-hybridized carbons (Fsp3) is 0.182. The molecule has 0 bridgehead atoms. The molecule has 0 fully saturated rings. The normalized spacial score (nSPS) is 11.1. The predicted molar refractivity (Wildman–Crippen MR) is 112 cm³/mol. The molecule has 2 heterocycles. The number of benzene rings is 2. The van der Waals surface area contributed by atoms with Crippen molar-refractivity contribution in [3.8, 4) is 5.75 Å². The number of imidazole rings is 1. The molecule has 0 aliphatic heterocycles. The van der Waals surface area contributed by atoms with E-state index >= 15 is 0 Å². The lowest BCUT2D eigenvalue weighted by Gasteiger charge is -2.09. The Kier molecular flexibility index (Phi) is 5.25. The van der Waals surface area contributed by atoms with Crippen LogP contribution in [0.2, 0.25) is 10.0 Å². The monoisotopic (exact) mass is 412 g/mol. The second kappa shape index (κ2) is 7.82. The number of ether oxygens (including phenoxy) is 1. The number of fused-ring (bicyclic) bond motifs is 1. The Morgan fingerprint density at radius 2 is 1.86 bits per heavy atom. The largest absolute Gasteiger partial charge is 0.497 e. The zero-order valence-electron chi connectivity index (χ0n) is 15.7. The molecule has 0 aliphatic rings. The Morgan fingerprint density at radius 1 is 1.07 bits per heavy atom. The standard InChI is InChI=1S/C22H20Cl2N3O/c1-15-25-21-14-26(12-16-3-6-19(28-2)7-4-16)10-9-22(21)27(15)13-17-11-18(23)5-8-20(17)24/h3-11,14H,12-13H2,1-2H3/q+1. The first-order valence-electron chi connectivity index (χ1n) is 8.96. The van der Waals surface area contributed by atoms with Gasteiger partial charge < -0.3 is 9.30 Å². The van der Waals surface area contributed by atoms with E-state index in [4.69, 9.17) is 32.9 Å². The molecule has 2 aromatic carbocycles. The minimum Gasteiger partial charge on any atom is -0.497 e. The summed E-state index contributed by atoms with van der Waals surface area (Å²) in [5, 5.41) is 1.38. The molecule has 4 rings (SSSR count). The van der Waals surface area contributed by atoms with Crippen LogP contribution in [-0.4, -0.2) is 16.7 Å². The molecule has 2 aromatic heterocycles. The van der Waals surface area contributed by atoms with Crippen LogP contribution >= 0.6 is 23.2 Å². The number of nitrogens with zero attached hydrogens (tertiary/aromatic N) is 3. The van der Waals surface area contributed by atoms with E-state index in [1.807, 2.05) is 31.2 Å². The summed E-state index contributed by atoms with van der Waals surface area (Å²) >= 11 is 12.5. The lowest BCUT2D eigenvalue weighted by atomic mass is 10.2. The zero-order valence-corrected chi connectivity index (χ0v) is 17.2. The van der Waals surface area contributed by atoms with Gasteiger partial charge in [0, 0.05) is 21.7 Å². The maximum atomic E-state index is 6.35. The van der Waals surface area contributed by atoms with Gasteiger partial charge in [-0.1, -0.05) is 23.2 Å². The lowest BCUT2D eigenvalue weighted by Crippen LogP contribution is -2.33. The van der Waals surface area contributed by atoms with Gasteiger partial charge in [0.2, 0.25) is 0 Å². The van der Waals surface area contributed by atoms with Crippen molar-refractivity contribution in [1.29, 1.82) is 0 Å². The van der Waals surface area contributed by atoms with E-state index in [1.54, 1.807) is 13.2 Å². The molecule has 0 spiro atoms. The summed E-state index contributed by atoms with van der Waals surface area (Å²) in [5.41, 5.74) is 4.20. The molecule has 0 amide bonds. The van der Waals surface area contributed by atoms with Crippen LogP contribution in [0.3, 0.4) is 0 Å². The maximum Gasteiger partial charge on any atom is 0.197 e. The summed E-state index contributed by atoms with van der Waals surface area (Å²) in [4.78, 5) is 4.74. The number of rotatable bonds is 5. The van der Waals surface area contributed by atoms with Crippen LogP contribution in [0, 0.1) is 6.92 Å². The Hall–Kier alpha value is -2.56. The minimum absolute atomic E-state index is 0.629. The van der Waals surface area contributed by atoms with Crippen LogP contribution in [0.25, 0.3) is 11.0 Å². The van der Waals surface area contributed by atoms with Gasteiger partial charge in [-0.3, -0.25) is 0 Å². The fourth-order valence-electron chi connectivity index (χ4n) is 3.32. The van der Waals surface area contributed by atoms with Crippen LogP contribution in [-0.2, 0) is 13.1 Å². The number of aryl methyl sites for hydroxylation is 1. The topological polar surface area (TPSA) is 30.9 Å². The highest BCUT2D eigenvalue weighted by Crippen LogP contribution is 2.24. The summed E-state index contributed by atoms with van der Waals surface area (Å²) in [7, 11) is 1.67. The third-order valence-corrected chi connectivity index (χ3v) is 5.40. The Morgan fingerprint density at radius 3 is 2.61 bits per heavy atom. The molecule has 28 heavy (non-hydrogen) atoms. The van der Waals surface area contributed by atoms with E-state index in [9.17, 15) is 0 Å². The Labute approximate surface area is 173 Å². The van der Waals surface area contributed by atoms with Gasteiger partial charge in [-0.15, -0.1) is 0 Å². The fourth-order valence-corrected chi connectivity index (χ4v) is 3.69. The van der Waals surface area contributed by atoms with Crippen molar-refractivity contribution in [2.45, 2.75) is 20.0 Å². The van der Waals surface area contributed by atoms with Gasteiger partial charge in [-0.2, -0.15) is 4.57 Å². The molecule has 0 radical (unpaired) electrons. The lowest BCUT2D eigenvalue weighted by molar-refractivity contribution is -0.687. The summed E-state index contributed by atoms with van der Waals surface area (Å²) in [5.74, 6) is 1.80. The second-order valence-electron chi connectivity index (χ2n) is 6.72. The summed E-state index contributed by atoms with van der Waals surface area (Å²) in [6.07, 6.45) is 4.15. The van der Waals surface area contributed by atoms with E-state index in [-0.39, 0.29) is 0 Å². The highest BCUT2D eigenvalue weighted by molar-refractivity contribution is 6.33. The zero-order chi connectivity index (χ0) is 19.7. The van der Waals surface area contributed by atoms with Crippen molar-refractivity contribution in [2.75, 3.05) is 7.11 Å². The minimum atomic E-state index is 0.629. The molecule has 0 atom stereocenters. The molecule has 4 nitrogen and oxygen atoms in total. The molecule has 0 unspecified atom stereocenters. The average Bonchev–Trinajstić information content (AvgIpc) is 3.00. The van der Waals surface area contributed by atoms with Crippen LogP contribution in [0.1, 0.15) is 17.0 Å². The van der Waals surface area contributed by atoms with E-state index in [0.29, 0.717) is 16.6 Å². The van der Waals surface area contributed by atoms with Gasteiger partial charge in [0.25, 0.3) is 0 Å². The van der Waals surface area contributed by atoms with Crippen molar-refractivity contribution in [3.05, 3.63) is 87.9 Å². The van der Waals surface area contributed by atoms with Crippen molar-refractivity contribution in [1.82, 2.24) is 9.55 Å². The van der Waals surface area contributed by atoms with Crippen molar-refractivity contribution >= 4 is 34.2 Å². The number of methoxy groups -OCH3 is 1. The first kappa shape index (κ1) is 18.8. The van der Waals surface area contributed by atoms with E-state index in [1.165, 1.54) is 5.56 Å². The molecular formula is C22H20Cl2N3O+. The van der Waals surface area contributed by atoms with Gasteiger partial charge >= 0.3 is 0 Å². The van der Waals surface area contributed by atoms with E-state index in [2.05, 4.69) is 39.7 Å². The number of hydrogen-bond acceptors (Lipinski definition) is 2. The third-order valence-electron chi connectivity index (χ3n) is 4.80. The summed E-state index contributed by atoms with van der Waals surface area (Å²) < 4.78 is 9.51. The molecule has 4 aromatic rings. The summed E-state index contributed by atoms with van der Waals surface area (Å²) in [6, 6.07) is 15.7. The van der Waals surface area contributed by atoms with E-state index in [0.717, 1.165) is 34.7 Å². The number of pyridine rings is 1. The molecule has 6 heteroatoms. The van der Waals surface area contributed by atoms with Crippen LogP contribution in [0.15, 0.2) is 60.9 Å². The molecule has 0 saturated heterocycles. The molecular weight excluding hydrogens is 393 g/mol. The number of aromatic nitrogens is 3. The van der Waals surface area contributed by atoms with Gasteiger partial charge in [0.05, 0.1) is 19.2 Å². The molecule has 0 aliphatic carbocycles. The smallest absolute Gasteiger partial charge is 0.197 e. The van der Waals surface area contributed by atoms with Crippen molar-refractivity contribution in [3.63, 3.8) is 0 Å².